The molecule has 0 radical (unpaired) electrons. The zero-order valence-electron chi connectivity index (χ0n) is 14.9. The van der Waals surface area contributed by atoms with Crippen molar-refractivity contribution in [3.05, 3.63) is 29.4 Å². The summed E-state index contributed by atoms with van der Waals surface area (Å²) in [6.07, 6.45) is 9.88. The highest BCUT2D eigenvalue weighted by Gasteiger charge is 2.30. The van der Waals surface area contributed by atoms with Gasteiger partial charge in [-0.2, -0.15) is 4.31 Å². The molecule has 0 atom stereocenters. The molecule has 0 spiro atoms. The van der Waals surface area contributed by atoms with Gasteiger partial charge in [-0.05, 0) is 37.8 Å². The van der Waals surface area contributed by atoms with Crippen LogP contribution in [0.2, 0.25) is 0 Å². The van der Waals surface area contributed by atoms with Crippen molar-refractivity contribution in [2.75, 3.05) is 18.8 Å². The van der Waals surface area contributed by atoms with E-state index in [-0.39, 0.29) is 0 Å². The lowest BCUT2D eigenvalue weighted by Gasteiger charge is -2.19. The summed E-state index contributed by atoms with van der Waals surface area (Å²) in [5, 5.41) is 1.14. The maximum absolute atomic E-state index is 13.1. The number of nitrogens with two attached hydrogens (primary N) is 1. The molecule has 2 fully saturated rings. The molecule has 5 nitrogen and oxygen atoms in total. The lowest BCUT2D eigenvalue weighted by molar-refractivity contribution is 0.442. The number of hydrogen-bond acceptors (Lipinski definition) is 5. The molecule has 140 valence electrons. The molecule has 4 rings (SSSR count). The zero-order chi connectivity index (χ0) is 18.1. The van der Waals surface area contributed by atoms with Crippen LogP contribution in [0.25, 0.3) is 10.4 Å². The van der Waals surface area contributed by atoms with Crippen molar-refractivity contribution >= 4 is 27.0 Å². The Morgan fingerprint density at radius 1 is 1.08 bits per heavy atom. The molecule has 1 aromatic heterocycles. The molecule has 7 heteroatoms. The van der Waals surface area contributed by atoms with Gasteiger partial charge in [0.05, 0.1) is 14.8 Å². The van der Waals surface area contributed by atoms with Crippen molar-refractivity contribution in [3.63, 3.8) is 0 Å². The van der Waals surface area contributed by atoms with Gasteiger partial charge in [0.2, 0.25) is 10.0 Å². The summed E-state index contributed by atoms with van der Waals surface area (Å²) in [5.41, 5.74) is 7.13. The Hall–Kier alpha value is -1.44. The molecule has 1 aliphatic carbocycles. The average Bonchev–Trinajstić information content (AvgIpc) is 3.35. The van der Waals surface area contributed by atoms with Crippen LogP contribution in [-0.4, -0.2) is 30.8 Å². The van der Waals surface area contributed by atoms with Crippen LogP contribution < -0.4 is 5.73 Å². The van der Waals surface area contributed by atoms with E-state index >= 15 is 0 Å². The van der Waals surface area contributed by atoms with Crippen LogP contribution in [-0.2, 0) is 10.0 Å². The van der Waals surface area contributed by atoms with E-state index in [0.29, 0.717) is 29.6 Å². The summed E-state index contributed by atoms with van der Waals surface area (Å²) >= 11 is 1.64. The van der Waals surface area contributed by atoms with Gasteiger partial charge >= 0.3 is 0 Å². The second-order valence-electron chi connectivity index (χ2n) is 7.26. The number of sulfonamides is 1. The van der Waals surface area contributed by atoms with E-state index < -0.39 is 10.0 Å². The minimum Gasteiger partial charge on any atom is -0.399 e. The molecule has 2 heterocycles. The number of hydrogen-bond donors (Lipinski definition) is 1. The number of rotatable bonds is 4. The standard InChI is InChI=1S/C19H25N3O2S2/c20-15-8-9-16(18(12-15)26(23,24)22-10-4-5-11-22)17-13-21-19(25-17)14-6-2-1-3-7-14/h8-9,12-14H,1-7,10-11,20H2. The summed E-state index contributed by atoms with van der Waals surface area (Å²) in [6, 6.07) is 5.21. The van der Waals surface area contributed by atoms with Crippen LogP contribution in [0.3, 0.4) is 0 Å². The highest BCUT2D eigenvalue weighted by Crippen LogP contribution is 2.40. The average molecular weight is 392 g/mol. The molecule has 0 unspecified atom stereocenters. The van der Waals surface area contributed by atoms with Gasteiger partial charge in [0.15, 0.2) is 0 Å². The van der Waals surface area contributed by atoms with Crippen molar-refractivity contribution in [3.8, 4) is 10.4 Å². The van der Waals surface area contributed by atoms with Crippen molar-refractivity contribution in [2.45, 2.75) is 55.8 Å². The second kappa shape index (κ2) is 7.29. The van der Waals surface area contributed by atoms with Gasteiger partial charge < -0.3 is 5.73 Å². The molecule has 0 bridgehead atoms. The SMILES string of the molecule is Nc1ccc(-c2cnc(C3CCCCC3)s2)c(S(=O)(=O)N2CCCC2)c1. The smallest absolute Gasteiger partial charge is 0.243 e. The molecule has 1 saturated carbocycles. The van der Waals surface area contributed by atoms with Gasteiger partial charge in [-0.15, -0.1) is 11.3 Å². The molecular weight excluding hydrogens is 366 g/mol. The van der Waals surface area contributed by atoms with E-state index in [1.54, 1.807) is 27.8 Å². The molecule has 1 aromatic carbocycles. The number of nitrogen functional groups attached to an aromatic ring is 1. The Morgan fingerprint density at radius 3 is 2.54 bits per heavy atom. The lowest BCUT2D eigenvalue weighted by Crippen LogP contribution is -2.28. The van der Waals surface area contributed by atoms with Crippen LogP contribution in [0.4, 0.5) is 5.69 Å². The molecular formula is C19H25N3O2S2. The highest BCUT2D eigenvalue weighted by atomic mass is 32.2. The maximum Gasteiger partial charge on any atom is 0.243 e. The first-order valence-electron chi connectivity index (χ1n) is 9.41. The van der Waals surface area contributed by atoms with E-state index in [9.17, 15) is 8.42 Å². The fourth-order valence-electron chi connectivity index (χ4n) is 3.97. The van der Waals surface area contributed by atoms with Crippen LogP contribution in [0, 0.1) is 0 Å². The maximum atomic E-state index is 13.1. The summed E-state index contributed by atoms with van der Waals surface area (Å²) in [5.74, 6) is 0.523. The third kappa shape index (κ3) is 3.40. The summed E-state index contributed by atoms with van der Waals surface area (Å²) < 4.78 is 27.9. The third-order valence-electron chi connectivity index (χ3n) is 5.43. The molecule has 1 saturated heterocycles. The predicted molar refractivity (Wildman–Crippen MR) is 106 cm³/mol. The van der Waals surface area contributed by atoms with Gasteiger partial charge in [-0.1, -0.05) is 25.3 Å². The number of aromatic nitrogens is 1. The minimum atomic E-state index is -3.52. The van der Waals surface area contributed by atoms with Gasteiger partial charge in [-0.3, -0.25) is 0 Å². The van der Waals surface area contributed by atoms with Crippen molar-refractivity contribution in [2.24, 2.45) is 0 Å². The Kier molecular flexibility index (Phi) is 5.03. The topological polar surface area (TPSA) is 76.3 Å². The largest absolute Gasteiger partial charge is 0.399 e. The van der Waals surface area contributed by atoms with Crippen LogP contribution in [0.1, 0.15) is 55.9 Å². The van der Waals surface area contributed by atoms with Crippen LogP contribution in [0.15, 0.2) is 29.3 Å². The zero-order valence-corrected chi connectivity index (χ0v) is 16.5. The van der Waals surface area contributed by atoms with E-state index in [2.05, 4.69) is 4.98 Å². The highest BCUT2D eigenvalue weighted by molar-refractivity contribution is 7.89. The molecule has 1 aliphatic heterocycles. The van der Waals surface area contributed by atoms with E-state index in [0.717, 1.165) is 28.3 Å². The van der Waals surface area contributed by atoms with E-state index in [1.165, 1.54) is 32.1 Å². The minimum absolute atomic E-state index is 0.318. The van der Waals surface area contributed by atoms with E-state index in [1.807, 2.05) is 12.3 Å². The summed E-state index contributed by atoms with van der Waals surface area (Å²) in [6.45, 7) is 1.18. The van der Waals surface area contributed by atoms with Crippen molar-refractivity contribution < 1.29 is 8.42 Å². The Balaban J connectivity index is 1.72. The van der Waals surface area contributed by atoms with Crippen molar-refractivity contribution in [1.29, 1.82) is 0 Å². The van der Waals surface area contributed by atoms with Crippen LogP contribution >= 0.6 is 11.3 Å². The third-order valence-corrected chi connectivity index (χ3v) is 8.56. The number of nitrogens with zero attached hydrogens (tertiary/aromatic N) is 2. The van der Waals surface area contributed by atoms with Gasteiger partial charge in [0, 0.05) is 36.5 Å². The summed E-state index contributed by atoms with van der Waals surface area (Å²) in [4.78, 5) is 5.88. The van der Waals surface area contributed by atoms with Gasteiger partial charge in [-0.25, -0.2) is 13.4 Å². The Morgan fingerprint density at radius 2 is 1.81 bits per heavy atom. The van der Waals surface area contributed by atoms with Crippen LogP contribution in [0.5, 0.6) is 0 Å². The van der Waals surface area contributed by atoms with Gasteiger partial charge in [0.1, 0.15) is 0 Å². The number of anilines is 1. The Labute approximate surface area is 159 Å². The second-order valence-corrected chi connectivity index (χ2v) is 10.2. The normalized spacial score (nSPS) is 19.8. The fraction of sp³-hybridized carbons (Fsp3) is 0.526. The number of thiazole rings is 1. The first-order chi connectivity index (χ1) is 12.6. The van der Waals surface area contributed by atoms with Crippen molar-refractivity contribution in [1.82, 2.24) is 9.29 Å². The fourth-order valence-corrected chi connectivity index (χ4v) is 6.92. The van der Waals surface area contributed by atoms with Gasteiger partial charge in [0.25, 0.3) is 0 Å². The molecule has 2 aromatic rings. The first kappa shape index (κ1) is 17.9. The molecule has 2 N–H and O–H groups in total. The first-order valence-corrected chi connectivity index (χ1v) is 11.7. The Bertz CT molecular complexity index is 880. The number of benzene rings is 1. The molecule has 0 amide bonds. The molecule has 26 heavy (non-hydrogen) atoms. The quantitative estimate of drug-likeness (QED) is 0.792. The van der Waals surface area contributed by atoms with E-state index in [4.69, 9.17) is 5.73 Å². The molecule has 2 aliphatic rings. The lowest BCUT2D eigenvalue weighted by atomic mass is 9.90. The predicted octanol–water partition coefficient (Wildman–Crippen LogP) is 4.22. The monoisotopic (exact) mass is 391 g/mol. The summed E-state index contributed by atoms with van der Waals surface area (Å²) in [7, 11) is -3.52.